The van der Waals surface area contributed by atoms with Gasteiger partial charge in [-0.2, -0.15) is 0 Å². The third-order valence-corrected chi connectivity index (χ3v) is 3.94. The smallest absolute Gasteiger partial charge is 0.349 e. The number of hydrogen-bond donors (Lipinski definition) is 0. The number of rotatable bonds is 8. The van der Waals surface area contributed by atoms with Crippen molar-refractivity contribution in [2.24, 2.45) is 0 Å². The molecular formula is C18H16BrClO6. The minimum absolute atomic E-state index is 0.170. The normalized spacial score (nSPS) is 10.3. The molecule has 0 atom stereocenters. The second kappa shape index (κ2) is 10.2. The van der Waals surface area contributed by atoms with Crippen LogP contribution in [0.25, 0.3) is 0 Å². The van der Waals surface area contributed by atoms with Crippen molar-refractivity contribution in [2.75, 3.05) is 26.9 Å². The van der Waals surface area contributed by atoms with Crippen molar-refractivity contribution in [3.8, 4) is 11.5 Å². The molecule has 26 heavy (non-hydrogen) atoms. The van der Waals surface area contributed by atoms with Crippen LogP contribution in [0, 0.1) is 0 Å². The average Bonchev–Trinajstić information content (AvgIpc) is 2.61. The van der Waals surface area contributed by atoms with E-state index in [1.165, 1.54) is 31.4 Å². The van der Waals surface area contributed by atoms with E-state index in [1.54, 1.807) is 18.2 Å². The summed E-state index contributed by atoms with van der Waals surface area (Å²) in [6.07, 6.45) is 0. The van der Waals surface area contributed by atoms with E-state index in [4.69, 9.17) is 30.5 Å². The van der Waals surface area contributed by atoms with Crippen molar-refractivity contribution in [3.63, 3.8) is 0 Å². The molecule has 2 aromatic rings. The number of carbonyl (C=O) groups excluding carboxylic acids is 2. The van der Waals surface area contributed by atoms with Crippen molar-refractivity contribution in [1.29, 1.82) is 0 Å². The van der Waals surface area contributed by atoms with Gasteiger partial charge in [0.1, 0.15) is 18.1 Å². The summed E-state index contributed by atoms with van der Waals surface area (Å²) in [5.41, 5.74) is 0.349. The molecule has 6 nitrogen and oxygen atoms in total. The van der Waals surface area contributed by atoms with Crippen LogP contribution in [-0.4, -0.2) is 38.9 Å². The molecule has 0 aromatic heterocycles. The second-order valence-corrected chi connectivity index (χ2v) is 6.28. The Labute approximate surface area is 164 Å². The lowest BCUT2D eigenvalue weighted by Crippen LogP contribution is -2.18. The molecule has 0 spiro atoms. The SMILES string of the molecule is COCCOC(=O)c1ccc(OC(=O)COc2ccc(Cl)cc2Br)cc1. The van der Waals surface area contributed by atoms with E-state index < -0.39 is 11.9 Å². The molecule has 0 unspecified atom stereocenters. The van der Waals surface area contributed by atoms with Crippen LogP contribution in [0.3, 0.4) is 0 Å². The summed E-state index contributed by atoms with van der Waals surface area (Å²) in [5, 5.41) is 0.549. The first-order valence-corrected chi connectivity index (χ1v) is 8.71. The molecule has 0 amide bonds. The first kappa shape index (κ1) is 20.2. The highest BCUT2D eigenvalue weighted by molar-refractivity contribution is 9.10. The van der Waals surface area contributed by atoms with Gasteiger partial charge >= 0.3 is 11.9 Å². The van der Waals surface area contributed by atoms with E-state index in [0.717, 1.165) is 0 Å². The lowest BCUT2D eigenvalue weighted by molar-refractivity contribution is -0.136. The van der Waals surface area contributed by atoms with E-state index in [1.807, 2.05) is 0 Å². The van der Waals surface area contributed by atoms with Crippen LogP contribution in [0.5, 0.6) is 11.5 Å². The van der Waals surface area contributed by atoms with Crippen LogP contribution in [-0.2, 0) is 14.3 Å². The Morgan fingerprint density at radius 3 is 2.46 bits per heavy atom. The standard InChI is InChI=1S/C18H16BrClO6/c1-23-8-9-24-18(22)12-2-5-14(6-3-12)26-17(21)11-25-16-7-4-13(20)10-15(16)19/h2-7,10H,8-9,11H2,1H3. The highest BCUT2D eigenvalue weighted by atomic mass is 79.9. The Morgan fingerprint density at radius 2 is 1.81 bits per heavy atom. The minimum atomic E-state index is -0.581. The maximum Gasteiger partial charge on any atom is 0.349 e. The van der Waals surface area contributed by atoms with Crippen LogP contribution in [0.4, 0.5) is 0 Å². The number of hydrogen-bond acceptors (Lipinski definition) is 6. The van der Waals surface area contributed by atoms with Gasteiger partial charge in [-0.3, -0.25) is 0 Å². The topological polar surface area (TPSA) is 71.1 Å². The highest BCUT2D eigenvalue weighted by Crippen LogP contribution is 2.28. The molecule has 8 heteroatoms. The van der Waals surface area contributed by atoms with E-state index in [0.29, 0.717) is 33.2 Å². The predicted octanol–water partition coefficient (Wildman–Crippen LogP) is 3.89. The summed E-state index contributed by atoms with van der Waals surface area (Å²) < 4.78 is 21.0. The number of benzene rings is 2. The zero-order chi connectivity index (χ0) is 18.9. The Hall–Kier alpha value is -2.09. The van der Waals surface area contributed by atoms with Crippen LogP contribution in [0.2, 0.25) is 5.02 Å². The van der Waals surface area contributed by atoms with Gasteiger partial charge in [-0.1, -0.05) is 11.6 Å². The maximum absolute atomic E-state index is 11.9. The van der Waals surface area contributed by atoms with Crippen molar-refractivity contribution in [2.45, 2.75) is 0 Å². The van der Waals surface area contributed by atoms with E-state index in [-0.39, 0.29) is 13.2 Å². The summed E-state index contributed by atoms with van der Waals surface area (Å²) in [6, 6.07) is 11.0. The quantitative estimate of drug-likeness (QED) is 0.350. The van der Waals surface area contributed by atoms with Gasteiger partial charge < -0.3 is 18.9 Å². The lowest BCUT2D eigenvalue weighted by atomic mass is 10.2. The zero-order valence-corrected chi connectivity index (χ0v) is 16.2. The Balaban J connectivity index is 1.84. The zero-order valence-electron chi connectivity index (χ0n) is 13.9. The molecular weight excluding hydrogens is 428 g/mol. The van der Waals surface area contributed by atoms with Crippen molar-refractivity contribution < 1.29 is 28.5 Å². The van der Waals surface area contributed by atoms with Crippen LogP contribution in [0.1, 0.15) is 10.4 Å². The maximum atomic E-state index is 11.9. The van der Waals surface area contributed by atoms with Gasteiger partial charge in [0.15, 0.2) is 6.61 Å². The largest absolute Gasteiger partial charge is 0.481 e. The molecule has 0 saturated carbocycles. The van der Waals surface area contributed by atoms with E-state index in [9.17, 15) is 9.59 Å². The van der Waals surface area contributed by atoms with E-state index in [2.05, 4.69) is 15.9 Å². The van der Waals surface area contributed by atoms with Crippen LogP contribution >= 0.6 is 27.5 Å². The number of carbonyl (C=O) groups is 2. The second-order valence-electron chi connectivity index (χ2n) is 4.99. The lowest BCUT2D eigenvalue weighted by Gasteiger charge is -2.09. The molecule has 0 aliphatic rings. The predicted molar refractivity (Wildman–Crippen MR) is 98.9 cm³/mol. The van der Waals surface area contributed by atoms with E-state index >= 15 is 0 Å². The molecule has 2 rings (SSSR count). The van der Waals surface area contributed by atoms with Crippen LogP contribution < -0.4 is 9.47 Å². The number of halogens is 2. The first-order chi connectivity index (χ1) is 12.5. The molecule has 0 bridgehead atoms. The molecule has 0 N–H and O–H groups in total. The van der Waals surface area contributed by atoms with Gasteiger partial charge in [-0.15, -0.1) is 0 Å². The summed E-state index contributed by atoms with van der Waals surface area (Å²) in [7, 11) is 1.52. The van der Waals surface area contributed by atoms with Gasteiger partial charge in [0.2, 0.25) is 0 Å². The Bertz CT molecular complexity index is 763. The summed E-state index contributed by atoms with van der Waals surface area (Å²) in [6.45, 7) is 0.218. The summed E-state index contributed by atoms with van der Waals surface area (Å²) in [5.74, 6) is -0.291. The van der Waals surface area contributed by atoms with Gasteiger partial charge in [0.25, 0.3) is 0 Å². The molecule has 0 saturated heterocycles. The molecule has 0 aliphatic heterocycles. The fourth-order valence-corrected chi connectivity index (χ4v) is 2.65. The van der Waals surface area contributed by atoms with Gasteiger partial charge in [0, 0.05) is 12.1 Å². The fraction of sp³-hybridized carbons (Fsp3) is 0.222. The molecule has 0 fully saturated rings. The first-order valence-electron chi connectivity index (χ1n) is 7.54. The third-order valence-electron chi connectivity index (χ3n) is 3.08. The number of esters is 2. The third kappa shape index (κ3) is 6.33. The summed E-state index contributed by atoms with van der Waals surface area (Å²) in [4.78, 5) is 23.6. The van der Waals surface area contributed by atoms with Crippen LogP contribution in [0.15, 0.2) is 46.9 Å². The summed E-state index contributed by atoms with van der Waals surface area (Å²) >= 11 is 9.14. The highest BCUT2D eigenvalue weighted by Gasteiger charge is 2.11. The molecule has 0 radical (unpaired) electrons. The van der Waals surface area contributed by atoms with Gasteiger partial charge in [-0.25, -0.2) is 9.59 Å². The number of ether oxygens (including phenoxy) is 4. The fourth-order valence-electron chi connectivity index (χ4n) is 1.85. The van der Waals surface area contributed by atoms with Gasteiger partial charge in [-0.05, 0) is 58.4 Å². The Kier molecular flexibility index (Phi) is 7.90. The number of methoxy groups -OCH3 is 1. The Morgan fingerprint density at radius 1 is 1.08 bits per heavy atom. The molecule has 0 heterocycles. The van der Waals surface area contributed by atoms with Crippen molar-refractivity contribution >= 4 is 39.5 Å². The van der Waals surface area contributed by atoms with Crippen molar-refractivity contribution in [1.82, 2.24) is 0 Å². The molecule has 138 valence electrons. The monoisotopic (exact) mass is 442 g/mol. The van der Waals surface area contributed by atoms with Gasteiger partial charge in [0.05, 0.1) is 16.6 Å². The average molecular weight is 444 g/mol. The molecule has 0 aliphatic carbocycles. The minimum Gasteiger partial charge on any atom is -0.481 e. The van der Waals surface area contributed by atoms with Crippen molar-refractivity contribution in [3.05, 3.63) is 57.5 Å². The molecule has 2 aromatic carbocycles.